The third-order valence-corrected chi connectivity index (χ3v) is 4.90. The van der Waals surface area contributed by atoms with Crippen molar-refractivity contribution in [3.8, 4) is 0 Å². The predicted molar refractivity (Wildman–Crippen MR) is 91.3 cm³/mol. The average molecular weight is 427 g/mol. The van der Waals surface area contributed by atoms with E-state index in [1.807, 2.05) is 30.3 Å². The summed E-state index contributed by atoms with van der Waals surface area (Å²) < 4.78 is 1.09. The van der Waals surface area contributed by atoms with E-state index in [2.05, 4.69) is 22.6 Å². The smallest absolute Gasteiger partial charge is 0.0624 e. The first-order valence-electron chi connectivity index (χ1n) is 5.62. The summed E-state index contributed by atoms with van der Waals surface area (Å²) in [4.78, 5) is 0. The second-order valence-electron chi connectivity index (χ2n) is 4.19. The maximum atomic E-state index is 6.25. The van der Waals surface area contributed by atoms with E-state index in [1.54, 1.807) is 6.07 Å². The molecule has 0 amide bonds. The number of hydrogen-bond acceptors (Lipinski definition) is 1. The number of nitrogens with two attached hydrogens (primary N) is 1. The third kappa shape index (κ3) is 3.76. The van der Waals surface area contributed by atoms with Gasteiger partial charge in [0, 0.05) is 14.6 Å². The van der Waals surface area contributed by atoms with Crippen LogP contribution in [-0.2, 0) is 6.42 Å². The van der Waals surface area contributed by atoms with Crippen LogP contribution in [0, 0.1) is 3.57 Å². The molecular formula is C14H11Cl3IN. The molecule has 1 nitrogen and oxygen atoms in total. The lowest BCUT2D eigenvalue weighted by atomic mass is 10.00. The van der Waals surface area contributed by atoms with Crippen LogP contribution in [0.3, 0.4) is 0 Å². The molecule has 0 saturated carbocycles. The van der Waals surface area contributed by atoms with Crippen LogP contribution in [0.1, 0.15) is 17.2 Å². The van der Waals surface area contributed by atoms with E-state index in [9.17, 15) is 0 Å². The highest BCUT2D eigenvalue weighted by Gasteiger charge is 2.14. The Morgan fingerprint density at radius 2 is 1.84 bits per heavy atom. The zero-order valence-electron chi connectivity index (χ0n) is 9.84. The highest BCUT2D eigenvalue weighted by Crippen LogP contribution is 2.30. The average Bonchev–Trinajstić information content (AvgIpc) is 2.38. The SMILES string of the molecule is NC(Cc1cccc(Cl)c1Cl)c1cc(Cl)ccc1I. The molecule has 2 aromatic rings. The van der Waals surface area contributed by atoms with Crippen molar-refractivity contribution in [2.24, 2.45) is 5.73 Å². The van der Waals surface area contributed by atoms with Crippen molar-refractivity contribution >= 4 is 57.4 Å². The summed E-state index contributed by atoms with van der Waals surface area (Å²) in [6.07, 6.45) is 0.621. The fourth-order valence-corrected chi connectivity index (χ4v) is 3.17. The monoisotopic (exact) mass is 425 g/mol. The van der Waals surface area contributed by atoms with Crippen LogP contribution >= 0.6 is 57.4 Å². The second-order valence-corrected chi connectivity index (χ2v) is 6.57. The van der Waals surface area contributed by atoms with Crippen molar-refractivity contribution < 1.29 is 0 Å². The molecule has 0 aromatic heterocycles. The molecule has 2 rings (SSSR count). The molecule has 0 aliphatic rings. The Kier molecular flexibility index (Phi) is 5.37. The fourth-order valence-electron chi connectivity index (χ4n) is 1.85. The Morgan fingerprint density at radius 3 is 2.58 bits per heavy atom. The van der Waals surface area contributed by atoms with E-state index in [0.29, 0.717) is 21.5 Å². The summed E-state index contributed by atoms with van der Waals surface area (Å²) in [5.41, 5.74) is 8.21. The minimum atomic E-state index is -0.165. The lowest BCUT2D eigenvalue weighted by Crippen LogP contribution is -2.15. The molecule has 5 heteroatoms. The van der Waals surface area contributed by atoms with Gasteiger partial charge in [0.2, 0.25) is 0 Å². The van der Waals surface area contributed by atoms with Gasteiger partial charge in [-0.25, -0.2) is 0 Å². The van der Waals surface area contributed by atoms with Crippen molar-refractivity contribution in [3.05, 3.63) is 66.2 Å². The van der Waals surface area contributed by atoms with Crippen LogP contribution in [0.2, 0.25) is 15.1 Å². The van der Waals surface area contributed by atoms with Gasteiger partial charge in [0.25, 0.3) is 0 Å². The van der Waals surface area contributed by atoms with E-state index >= 15 is 0 Å². The maximum Gasteiger partial charge on any atom is 0.0624 e. The van der Waals surface area contributed by atoms with Crippen LogP contribution < -0.4 is 5.73 Å². The lowest BCUT2D eigenvalue weighted by Gasteiger charge is -2.15. The van der Waals surface area contributed by atoms with Gasteiger partial charge in [-0.1, -0.05) is 46.9 Å². The molecule has 0 spiro atoms. The van der Waals surface area contributed by atoms with Gasteiger partial charge in [-0.3, -0.25) is 0 Å². The zero-order chi connectivity index (χ0) is 14.0. The number of hydrogen-bond donors (Lipinski definition) is 1. The van der Waals surface area contributed by atoms with Crippen LogP contribution in [-0.4, -0.2) is 0 Å². The first-order valence-corrected chi connectivity index (χ1v) is 7.83. The highest BCUT2D eigenvalue weighted by atomic mass is 127. The minimum Gasteiger partial charge on any atom is -0.324 e. The first kappa shape index (κ1) is 15.4. The van der Waals surface area contributed by atoms with Gasteiger partial charge in [-0.2, -0.15) is 0 Å². The Morgan fingerprint density at radius 1 is 1.11 bits per heavy atom. The Labute approximate surface area is 141 Å². The highest BCUT2D eigenvalue weighted by molar-refractivity contribution is 14.1. The molecule has 0 saturated heterocycles. The molecular weight excluding hydrogens is 415 g/mol. The van der Waals surface area contributed by atoms with Gasteiger partial charge in [0.05, 0.1) is 10.0 Å². The van der Waals surface area contributed by atoms with Gasteiger partial charge in [-0.15, -0.1) is 0 Å². The Balaban J connectivity index is 2.28. The largest absolute Gasteiger partial charge is 0.324 e. The number of halogens is 4. The minimum absolute atomic E-state index is 0.165. The lowest BCUT2D eigenvalue weighted by molar-refractivity contribution is 0.718. The van der Waals surface area contributed by atoms with Gasteiger partial charge in [0.15, 0.2) is 0 Å². The molecule has 0 bridgehead atoms. The van der Waals surface area contributed by atoms with Crippen molar-refractivity contribution in [2.75, 3.05) is 0 Å². The van der Waals surface area contributed by atoms with Crippen molar-refractivity contribution in [3.63, 3.8) is 0 Å². The molecule has 1 atom stereocenters. The summed E-state index contributed by atoms with van der Waals surface area (Å²) in [5.74, 6) is 0. The zero-order valence-corrected chi connectivity index (χ0v) is 14.3. The second kappa shape index (κ2) is 6.64. The summed E-state index contributed by atoms with van der Waals surface area (Å²) >= 11 is 20.5. The molecule has 0 aliphatic carbocycles. The van der Waals surface area contributed by atoms with E-state index < -0.39 is 0 Å². The molecule has 100 valence electrons. The topological polar surface area (TPSA) is 26.0 Å². The number of rotatable bonds is 3. The standard InChI is InChI=1S/C14H11Cl3IN/c15-9-4-5-12(18)10(7-9)13(19)6-8-2-1-3-11(16)14(8)17/h1-5,7,13H,6,19H2. The van der Waals surface area contributed by atoms with Crippen LogP contribution in [0.25, 0.3) is 0 Å². The molecule has 0 heterocycles. The van der Waals surface area contributed by atoms with E-state index in [1.165, 1.54) is 0 Å². The van der Waals surface area contributed by atoms with Gasteiger partial charge >= 0.3 is 0 Å². The molecule has 19 heavy (non-hydrogen) atoms. The summed E-state index contributed by atoms with van der Waals surface area (Å²) in [6.45, 7) is 0. The summed E-state index contributed by atoms with van der Waals surface area (Å²) in [6, 6.07) is 11.1. The quantitative estimate of drug-likeness (QED) is 0.645. The van der Waals surface area contributed by atoms with E-state index in [4.69, 9.17) is 40.5 Å². The first-order chi connectivity index (χ1) is 8.99. The molecule has 2 N–H and O–H groups in total. The predicted octanol–water partition coefficient (Wildman–Crippen LogP) is 5.49. The van der Waals surface area contributed by atoms with E-state index in [0.717, 1.165) is 14.7 Å². The molecule has 0 radical (unpaired) electrons. The maximum absolute atomic E-state index is 6.25. The van der Waals surface area contributed by atoms with Gasteiger partial charge in [-0.05, 0) is 64.4 Å². The molecule has 1 unspecified atom stereocenters. The number of benzene rings is 2. The Bertz CT molecular complexity index is 601. The molecule has 2 aromatic carbocycles. The van der Waals surface area contributed by atoms with Crippen LogP contribution in [0.15, 0.2) is 36.4 Å². The summed E-state index contributed by atoms with van der Waals surface area (Å²) in [7, 11) is 0. The molecule has 0 aliphatic heterocycles. The van der Waals surface area contributed by atoms with Crippen LogP contribution in [0.5, 0.6) is 0 Å². The van der Waals surface area contributed by atoms with Gasteiger partial charge in [0.1, 0.15) is 0 Å². The third-order valence-electron chi connectivity index (χ3n) is 2.83. The summed E-state index contributed by atoms with van der Waals surface area (Å²) in [5, 5.41) is 1.80. The normalized spacial score (nSPS) is 12.5. The van der Waals surface area contributed by atoms with Crippen molar-refractivity contribution in [1.82, 2.24) is 0 Å². The Hall–Kier alpha value is -0.000000000000000111. The van der Waals surface area contributed by atoms with Crippen molar-refractivity contribution in [2.45, 2.75) is 12.5 Å². The van der Waals surface area contributed by atoms with E-state index in [-0.39, 0.29) is 6.04 Å². The van der Waals surface area contributed by atoms with Crippen molar-refractivity contribution in [1.29, 1.82) is 0 Å². The van der Waals surface area contributed by atoms with Gasteiger partial charge < -0.3 is 5.73 Å². The van der Waals surface area contributed by atoms with Crippen LogP contribution in [0.4, 0.5) is 0 Å². The fraction of sp³-hybridized carbons (Fsp3) is 0.143. The molecule has 0 fully saturated rings.